The van der Waals surface area contributed by atoms with Crippen LogP contribution in [0.2, 0.25) is 0 Å². The second-order valence-corrected chi connectivity index (χ2v) is 1.76. The summed E-state index contributed by atoms with van der Waals surface area (Å²) in [4.78, 5) is 10.3. The van der Waals surface area contributed by atoms with Gasteiger partial charge in [0.1, 0.15) is 5.76 Å². The minimum atomic E-state index is -0.332. The van der Waals surface area contributed by atoms with Crippen LogP contribution in [0, 0.1) is 6.08 Å². The van der Waals surface area contributed by atoms with Gasteiger partial charge in [-0.2, -0.15) is 0 Å². The molecule has 57 valence electrons. The number of esters is 1. The predicted molar refractivity (Wildman–Crippen MR) is 36.1 cm³/mol. The second-order valence-electron chi connectivity index (χ2n) is 1.76. The van der Waals surface area contributed by atoms with E-state index in [1.807, 2.05) is 0 Å². The fourth-order valence-corrected chi connectivity index (χ4v) is 0.425. The zero-order valence-electron chi connectivity index (χ0n) is 6.43. The summed E-state index contributed by atoms with van der Waals surface area (Å²) < 4.78 is 9.31. The molecule has 0 aliphatic heterocycles. The van der Waals surface area contributed by atoms with Crippen molar-refractivity contribution in [3.63, 3.8) is 0 Å². The summed E-state index contributed by atoms with van der Waals surface area (Å²) in [5, 5.41) is 0. The van der Waals surface area contributed by atoms with Gasteiger partial charge in [0.05, 0.1) is 6.61 Å². The van der Waals surface area contributed by atoms with Gasteiger partial charge in [-0.15, -0.1) is 0 Å². The van der Waals surface area contributed by atoms with Crippen LogP contribution in [-0.4, -0.2) is 19.7 Å². The number of ether oxygens (including phenoxy) is 2. The van der Waals surface area contributed by atoms with Gasteiger partial charge in [-0.25, -0.2) is 0 Å². The van der Waals surface area contributed by atoms with Crippen molar-refractivity contribution in [2.75, 3.05) is 13.7 Å². The van der Waals surface area contributed by atoms with Gasteiger partial charge in [0.25, 0.3) is 0 Å². The average molecular weight is 143 g/mol. The lowest BCUT2D eigenvalue weighted by Crippen LogP contribution is -1.97. The molecule has 1 radical (unpaired) electrons. The minimum absolute atomic E-state index is 0.332. The van der Waals surface area contributed by atoms with Crippen LogP contribution in [0.3, 0.4) is 0 Å². The van der Waals surface area contributed by atoms with Crippen LogP contribution in [-0.2, 0) is 14.3 Å². The van der Waals surface area contributed by atoms with Crippen LogP contribution in [0.25, 0.3) is 0 Å². The van der Waals surface area contributed by atoms with E-state index in [2.05, 4.69) is 15.5 Å². The molecule has 0 aliphatic carbocycles. The molecule has 0 atom stereocenters. The molecule has 0 spiro atoms. The lowest BCUT2D eigenvalue weighted by Gasteiger charge is -1.98. The van der Waals surface area contributed by atoms with Gasteiger partial charge in [0.15, 0.2) is 0 Å². The summed E-state index contributed by atoms with van der Waals surface area (Å²) in [5.41, 5.74) is 0. The Morgan fingerprint density at radius 2 is 2.10 bits per heavy atom. The molecule has 0 aromatic rings. The van der Waals surface area contributed by atoms with E-state index in [1.165, 1.54) is 6.92 Å². The highest BCUT2D eigenvalue weighted by Crippen LogP contribution is 1.93. The van der Waals surface area contributed by atoms with Crippen LogP contribution >= 0.6 is 0 Å². The highest BCUT2D eigenvalue weighted by atomic mass is 16.5. The maximum absolute atomic E-state index is 10.3. The largest absolute Gasteiger partial charge is 0.431 e. The maximum atomic E-state index is 10.3. The van der Waals surface area contributed by atoms with Crippen molar-refractivity contribution in [2.45, 2.75) is 13.8 Å². The average Bonchev–Trinajstić information content (AvgIpc) is 1.82. The first-order valence-electron chi connectivity index (χ1n) is 2.91. The smallest absolute Gasteiger partial charge is 0.307 e. The van der Waals surface area contributed by atoms with E-state index in [-0.39, 0.29) is 5.97 Å². The normalized spacial score (nSPS) is 11.3. The van der Waals surface area contributed by atoms with Crippen LogP contribution in [0.15, 0.2) is 5.76 Å². The third-order valence-electron chi connectivity index (χ3n) is 0.762. The molecule has 10 heavy (non-hydrogen) atoms. The van der Waals surface area contributed by atoms with Gasteiger partial charge in [-0.05, 0) is 6.92 Å². The number of methoxy groups -OCH3 is 1. The molecular formula is C7H11O3. The van der Waals surface area contributed by atoms with Gasteiger partial charge < -0.3 is 9.47 Å². The summed E-state index contributed by atoms with van der Waals surface area (Å²) >= 11 is 0. The molecule has 0 saturated carbocycles. The Hall–Kier alpha value is -0.830. The Labute approximate surface area is 60.6 Å². The fraction of sp³-hybridized carbons (Fsp3) is 0.571. The fourth-order valence-electron chi connectivity index (χ4n) is 0.425. The number of rotatable bonds is 3. The maximum Gasteiger partial charge on any atom is 0.307 e. The van der Waals surface area contributed by atoms with Crippen molar-refractivity contribution in [1.29, 1.82) is 0 Å². The third-order valence-corrected chi connectivity index (χ3v) is 0.762. The Balaban J connectivity index is 3.59. The standard InChI is InChI=1S/C7H11O3/c1-6(4-5-9-3)10-7(2)8/h5H2,1-3H3. The SMILES string of the molecule is COC[C]=C(C)OC(C)=O. The molecule has 0 unspecified atom stereocenters. The van der Waals surface area contributed by atoms with Gasteiger partial charge in [0, 0.05) is 20.1 Å². The highest BCUT2D eigenvalue weighted by Gasteiger charge is 1.93. The molecule has 0 aromatic heterocycles. The van der Waals surface area contributed by atoms with Gasteiger partial charge in [-0.3, -0.25) is 4.79 Å². The van der Waals surface area contributed by atoms with Gasteiger partial charge in [-0.1, -0.05) is 0 Å². The summed E-state index contributed by atoms with van der Waals surface area (Å²) in [6.07, 6.45) is 2.72. The first kappa shape index (κ1) is 9.17. The number of allylic oxidation sites excluding steroid dienone is 1. The number of hydrogen-bond acceptors (Lipinski definition) is 3. The highest BCUT2D eigenvalue weighted by molar-refractivity contribution is 5.67. The van der Waals surface area contributed by atoms with E-state index in [0.29, 0.717) is 12.4 Å². The Morgan fingerprint density at radius 1 is 1.50 bits per heavy atom. The van der Waals surface area contributed by atoms with Crippen LogP contribution < -0.4 is 0 Å². The Kier molecular flexibility index (Phi) is 4.58. The summed E-state index contributed by atoms with van der Waals surface area (Å²) in [7, 11) is 1.55. The molecular weight excluding hydrogens is 132 g/mol. The number of hydrogen-bond donors (Lipinski definition) is 0. The molecule has 0 rings (SSSR count). The lowest BCUT2D eigenvalue weighted by atomic mass is 10.5. The van der Waals surface area contributed by atoms with E-state index in [4.69, 9.17) is 0 Å². The first-order valence-corrected chi connectivity index (χ1v) is 2.91. The first-order chi connectivity index (χ1) is 4.66. The summed E-state index contributed by atoms with van der Waals surface area (Å²) in [6, 6.07) is 0. The summed E-state index contributed by atoms with van der Waals surface area (Å²) in [5.74, 6) is 0.121. The van der Waals surface area contributed by atoms with Crippen LogP contribution in [0.4, 0.5) is 0 Å². The Bertz CT molecular complexity index is 138. The van der Waals surface area contributed by atoms with Crippen LogP contribution in [0.5, 0.6) is 0 Å². The second kappa shape index (κ2) is 4.99. The lowest BCUT2D eigenvalue weighted by molar-refractivity contribution is -0.136. The Morgan fingerprint density at radius 3 is 2.50 bits per heavy atom. The quantitative estimate of drug-likeness (QED) is 0.435. The van der Waals surface area contributed by atoms with Crippen molar-refractivity contribution in [3.05, 3.63) is 11.8 Å². The van der Waals surface area contributed by atoms with Crippen molar-refractivity contribution in [1.82, 2.24) is 0 Å². The summed E-state index contributed by atoms with van der Waals surface area (Å²) in [6.45, 7) is 3.34. The molecule has 0 N–H and O–H groups in total. The molecule has 0 heterocycles. The van der Waals surface area contributed by atoms with Gasteiger partial charge in [0.2, 0.25) is 0 Å². The van der Waals surface area contributed by atoms with Crippen molar-refractivity contribution >= 4 is 5.97 Å². The monoisotopic (exact) mass is 143 g/mol. The van der Waals surface area contributed by atoms with E-state index < -0.39 is 0 Å². The van der Waals surface area contributed by atoms with E-state index in [0.717, 1.165) is 0 Å². The van der Waals surface area contributed by atoms with E-state index in [9.17, 15) is 4.79 Å². The zero-order chi connectivity index (χ0) is 7.98. The predicted octanol–water partition coefficient (Wildman–Crippen LogP) is 0.903. The minimum Gasteiger partial charge on any atom is -0.431 e. The van der Waals surface area contributed by atoms with Gasteiger partial charge >= 0.3 is 5.97 Å². The van der Waals surface area contributed by atoms with Crippen molar-refractivity contribution in [3.8, 4) is 0 Å². The molecule has 0 amide bonds. The van der Waals surface area contributed by atoms with Crippen molar-refractivity contribution < 1.29 is 14.3 Å². The molecule has 0 saturated heterocycles. The molecule has 3 heteroatoms. The third kappa shape index (κ3) is 5.31. The van der Waals surface area contributed by atoms with E-state index >= 15 is 0 Å². The molecule has 0 aliphatic rings. The zero-order valence-corrected chi connectivity index (χ0v) is 6.43. The molecule has 0 aromatic carbocycles. The molecule has 0 bridgehead atoms. The number of carbonyl (C=O) groups is 1. The molecule has 0 fully saturated rings. The molecule has 3 nitrogen and oxygen atoms in total. The van der Waals surface area contributed by atoms with Crippen molar-refractivity contribution in [2.24, 2.45) is 0 Å². The van der Waals surface area contributed by atoms with E-state index in [1.54, 1.807) is 14.0 Å². The topological polar surface area (TPSA) is 35.5 Å². The number of carbonyl (C=O) groups excluding carboxylic acids is 1. The van der Waals surface area contributed by atoms with Crippen LogP contribution in [0.1, 0.15) is 13.8 Å².